The number of carbonyl (C=O) groups excluding carboxylic acids is 1. The summed E-state index contributed by atoms with van der Waals surface area (Å²) < 4.78 is 31.7. The first-order valence-electron chi connectivity index (χ1n) is 7.96. The summed E-state index contributed by atoms with van der Waals surface area (Å²) in [5.41, 5.74) is 7.08. The number of aliphatic carboxylic acids is 1. The Morgan fingerprint density at radius 2 is 1.88 bits per heavy atom. The topological polar surface area (TPSA) is 107 Å². The number of piperidine rings is 1. The van der Waals surface area contributed by atoms with E-state index in [0.29, 0.717) is 12.3 Å². The molecule has 3 rings (SSSR count). The highest BCUT2D eigenvalue weighted by Crippen LogP contribution is 2.47. The largest absolute Gasteiger partial charge is 0.490 e. The van der Waals surface area contributed by atoms with E-state index in [1.165, 1.54) is 0 Å². The molecule has 26 heavy (non-hydrogen) atoms. The number of carboxylic acids is 1. The summed E-state index contributed by atoms with van der Waals surface area (Å²) in [6.07, 6.45) is -2.68. The van der Waals surface area contributed by atoms with Crippen LogP contribution in [0.5, 0.6) is 0 Å². The van der Waals surface area contributed by atoms with Gasteiger partial charge in [-0.25, -0.2) is 4.79 Å². The number of hydrogen-bond donors (Lipinski definition) is 2. The quantitative estimate of drug-likeness (QED) is 0.843. The smallest absolute Gasteiger partial charge is 0.475 e. The van der Waals surface area contributed by atoms with Crippen molar-refractivity contribution in [2.75, 3.05) is 0 Å². The second-order valence-electron chi connectivity index (χ2n) is 6.29. The van der Waals surface area contributed by atoms with Crippen molar-refractivity contribution in [1.82, 2.24) is 4.90 Å². The van der Waals surface area contributed by atoms with Gasteiger partial charge in [0.05, 0.1) is 12.1 Å². The van der Waals surface area contributed by atoms with Crippen molar-refractivity contribution in [2.24, 2.45) is 11.7 Å². The minimum Gasteiger partial charge on any atom is -0.475 e. The minimum atomic E-state index is -5.08. The van der Waals surface area contributed by atoms with Gasteiger partial charge in [0.25, 0.3) is 0 Å². The van der Waals surface area contributed by atoms with Crippen LogP contribution in [0.25, 0.3) is 0 Å². The minimum absolute atomic E-state index is 0.0691. The zero-order chi connectivity index (χ0) is 19.5. The molecule has 0 aromatic heterocycles. The van der Waals surface area contributed by atoms with Crippen LogP contribution in [0.3, 0.4) is 0 Å². The summed E-state index contributed by atoms with van der Waals surface area (Å²) in [6, 6.07) is 11.5. The lowest BCUT2D eigenvalue weighted by molar-refractivity contribution is -0.192. The first kappa shape index (κ1) is 19.7. The number of amides is 1. The van der Waals surface area contributed by atoms with E-state index in [2.05, 4.69) is 6.07 Å². The van der Waals surface area contributed by atoms with Crippen molar-refractivity contribution >= 4 is 11.9 Å². The van der Waals surface area contributed by atoms with Crippen LogP contribution in [0.1, 0.15) is 18.4 Å². The van der Waals surface area contributed by atoms with E-state index in [-0.39, 0.29) is 18.0 Å². The number of rotatable bonds is 3. The van der Waals surface area contributed by atoms with Gasteiger partial charge in [0.1, 0.15) is 6.04 Å². The van der Waals surface area contributed by atoms with Gasteiger partial charge < -0.3 is 15.7 Å². The summed E-state index contributed by atoms with van der Waals surface area (Å²) in [5, 5.41) is 16.2. The van der Waals surface area contributed by atoms with Crippen molar-refractivity contribution in [3.05, 3.63) is 35.9 Å². The number of halogens is 3. The molecule has 4 atom stereocenters. The van der Waals surface area contributed by atoms with E-state index in [4.69, 9.17) is 20.9 Å². The third-order valence-corrected chi connectivity index (χ3v) is 4.37. The number of carbonyl (C=O) groups is 2. The molecule has 1 aliphatic heterocycles. The number of nitrogens with two attached hydrogens (primary N) is 1. The predicted molar refractivity (Wildman–Crippen MR) is 84.6 cm³/mol. The van der Waals surface area contributed by atoms with Gasteiger partial charge in [-0.3, -0.25) is 4.79 Å². The monoisotopic (exact) mass is 369 g/mol. The first-order chi connectivity index (χ1) is 12.1. The Bertz CT molecular complexity index is 703. The Hall–Kier alpha value is -2.60. The normalized spacial score (nSPS) is 24.6. The molecular formula is C17H18F3N3O3. The molecule has 1 amide bonds. The molecule has 0 spiro atoms. The van der Waals surface area contributed by atoms with Crippen molar-refractivity contribution < 1.29 is 27.9 Å². The van der Waals surface area contributed by atoms with Gasteiger partial charge in [0.15, 0.2) is 0 Å². The Morgan fingerprint density at radius 3 is 2.38 bits per heavy atom. The van der Waals surface area contributed by atoms with Gasteiger partial charge in [-0.05, 0) is 30.7 Å². The van der Waals surface area contributed by atoms with Gasteiger partial charge in [-0.1, -0.05) is 30.3 Å². The lowest BCUT2D eigenvalue weighted by Crippen LogP contribution is -2.48. The van der Waals surface area contributed by atoms with Gasteiger partial charge >= 0.3 is 12.1 Å². The van der Waals surface area contributed by atoms with Crippen LogP contribution in [-0.2, 0) is 16.0 Å². The highest BCUT2D eigenvalue weighted by atomic mass is 19.4. The van der Waals surface area contributed by atoms with Crippen LogP contribution in [0.4, 0.5) is 13.2 Å². The summed E-state index contributed by atoms with van der Waals surface area (Å²) in [5.74, 6) is -2.29. The molecule has 1 heterocycles. The van der Waals surface area contributed by atoms with Crippen LogP contribution in [0.15, 0.2) is 30.3 Å². The molecule has 1 aromatic carbocycles. The molecule has 3 N–H and O–H groups in total. The van der Waals surface area contributed by atoms with Gasteiger partial charge in [0.2, 0.25) is 5.91 Å². The van der Waals surface area contributed by atoms with Gasteiger partial charge in [-0.2, -0.15) is 18.4 Å². The zero-order valence-corrected chi connectivity index (χ0v) is 13.7. The maximum absolute atomic E-state index is 12.4. The van der Waals surface area contributed by atoms with Crippen LogP contribution in [-0.4, -0.2) is 46.2 Å². The van der Waals surface area contributed by atoms with Crippen molar-refractivity contribution in [2.45, 2.75) is 43.6 Å². The van der Waals surface area contributed by atoms with Crippen molar-refractivity contribution in [3.63, 3.8) is 0 Å². The van der Waals surface area contributed by atoms with E-state index < -0.39 is 18.2 Å². The first-order valence-corrected chi connectivity index (χ1v) is 7.96. The molecule has 1 aromatic rings. The van der Waals surface area contributed by atoms with Crippen molar-refractivity contribution in [1.29, 1.82) is 5.26 Å². The molecule has 1 unspecified atom stereocenters. The van der Waals surface area contributed by atoms with Gasteiger partial charge in [0, 0.05) is 6.04 Å². The Kier molecular flexibility index (Phi) is 5.87. The van der Waals surface area contributed by atoms with Crippen LogP contribution in [0, 0.1) is 17.2 Å². The molecule has 140 valence electrons. The molecule has 9 heteroatoms. The van der Waals surface area contributed by atoms with E-state index in [9.17, 15) is 18.0 Å². The molecule has 2 aliphatic rings. The highest BCUT2D eigenvalue weighted by molar-refractivity contribution is 5.83. The third-order valence-electron chi connectivity index (χ3n) is 4.37. The standard InChI is InChI=1S/C15H17N3O.C2HF3O2/c16-9-12-7-11-8-14(11)18(12)15(19)13(17)6-10-4-2-1-3-5-10;3-2(4,5)1(6)7/h1-5,11-14H,6-8,17H2;(H,6,7)/t11-,12?,13+,14+;/m1./s1. The molecule has 6 nitrogen and oxygen atoms in total. The molecular weight excluding hydrogens is 351 g/mol. The molecule has 1 saturated heterocycles. The predicted octanol–water partition coefficient (Wildman–Crippen LogP) is 1.70. The SMILES string of the molecule is N#CC1C[C@@H]2C[C@@H]2N1C(=O)[C@@H](N)Cc1ccccc1.O=C(O)C(F)(F)F. The maximum atomic E-state index is 12.4. The number of nitrogens with zero attached hydrogens (tertiary/aromatic N) is 2. The Morgan fingerprint density at radius 1 is 1.31 bits per heavy atom. The number of benzene rings is 1. The average molecular weight is 369 g/mol. The van der Waals surface area contributed by atoms with E-state index in [1.807, 2.05) is 30.3 Å². The lowest BCUT2D eigenvalue weighted by Gasteiger charge is -2.25. The molecule has 1 aliphatic carbocycles. The van der Waals surface area contributed by atoms with Crippen LogP contribution < -0.4 is 5.73 Å². The van der Waals surface area contributed by atoms with Gasteiger partial charge in [-0.15, -0.1) is 0 Å². The molecule has 1 saturated carbocycles. The summed E-state index contributed by atoms with van der Waals surface area (Å²) in [4.78, 5) is 23.0. The molecule has 0 bridgehead atoms. The van der Waals surface area contributed by atoms with E-state index >= 15 is 0 Å². The number of likely N-dealkylation sites (tertiary alicyclic amines) is 1. The number of alkyl halides is 3. The van der Waals surface area contributed by atoms with E-state index in [0.717, 1.165) is 18.4 Å². The second-order valence-corrected chi connectivity index (χ2v) is 6.29. The maximum Gasteiger partial charge on any atom is 0.490 e. The fourth-order valence-corrected chi connectivity index (χ4v) is 3.04. The third kappa shape index (κ3) is 4.73. The number of hydrogen-bond acceptors (Lipinski definition) is 4. The highest BCUT2D eigenvalue weighted by Gasteiger charge is 2.54. The summed E-state index contributed by atoms with van der Waals surface area (Å²) in [7, 11) is 0. The van der Waals surface area contributed by atoms with Crippen molar-refractivity contribution in [3.8, 4) is 6.07 Å². The fourth-order valence-electron chi connectivity index (χ4n) is 3.04. The van der Waals surface area contributed by atoms with E-state index in [1.54, 1.807) is 4.90 Å². The second kappa shape index (κ2) is 7.74. The zero-order valence-electron chi connectivity index (χ0n) is 13.7. The summed E-state index contributed by atoms with van der Waals surface area (Å²) in [6.45, 7) is 0. The van der Waals surface area contributed by atoms with Crippen LogP contribution >= 0.6 is 0 Å². The average Bonchev–Trinajstić information content (AvgIpc) is 3.25. The fraction of sp³-hybridized carbons (Fsp3) is 0.471. The number of nitriles is 1. The summed E-state index contributed by atoms with van der Waals surface area (Å²) >= 11 is 0. The Balaban J connectivity index is 0.000000298. The number of carboxylic acid groups (broad SMARTS) is 1. The molecule has 0 radical (unpaired) electrons. The van der Waals surface area contributed by atoms with Crippen LogP contribution in [0.2, 0.25) is 0 Å². The lowest BCUT2D eigenvalue weighted by atomic mass is 10.0. The molecule has 2 fully saturated rings. The Labute approximate surface area is 148 Å². The number of fused-ring (bicyclic) bond motifs is 1.